The molecule has 0 bridgehead atoms. The minimum atomic E-state index is -4.41. The summed E-state index contributed by atoms with van der Waals surface area (Å²) in [6.07, 6.45) is -0.723. The summed E-state index contributed by atoms with van der Waals surface area (Å²) >= 11 is 0. The second-order valence-corrected chi connectivity index (χ2v) is 5.40. The summed E-state index contributed by atoms with van der Waals surface area (Å²) in [6, 6.07) is 4.86. The number of alkyl halides is 3. The van der Waals surface area contributed by atoms with Crippen LogP contribution in [0.15, 0.2) is 36.7 Å². The summed E-state index contributed by atoms with van der Waals surface area (Å²) < 4.78 is 39.5. The summed E-state index contributed by atoms with van der Waals surface area (Å²) in [6.45, 7) is 1.44. The molecule has 3 rings (SSSR count). The molecule has 0 aliphatic carbocycles. The third-order valence-corrected chi connectivity index (χ3v) is 3.72. The number of aromatic nitrogens is 2. The zero-order valence-electron chi connectivity index (χ0n) is 12.5. The Kier molecular flexibility index (Phi) is 5.51. The molecule has 0 saturated carbocycles. The molecule has 2 N–H and O–H groups in total. The molecule has 1 fully saturated rings. The minimum absolute atomic E-state index is 0. The van der Waals surface area contributed by atoms with E-state index in [1.165, 1.54) is 29.2 Å². The molecule has 1 aliphatic heterocycles. The summed E-state index contributed by atoms with van der Waals surface area (Å²) in [4.78, 5) is 12.0. The zero-order chi connectivity index (χ0) is 16.4. The first-order chi connectivity index (χ1) is 10.9. The number of amides is 1. The second-order valence-electron chi connectivity index (χ2n) is 5.40. The van der Waals surface area contributed by atoms with Crippen molar-refractivity contribution in [2.45, 2.75) is 12.6 Å². The third kappa shape index (κ3) is 4.07. The summed E-state index contributed by atoms with van der Waals surface area (Å²) in [5.74, 6) is -0.203. The Morgan fingerprint density at radius 2 is 2.17 bits per heavy atom. The first-order valence-electron chi connectivity index (χ1n) is 7.17. The molecule has 1 unspecified atom stereocenters. The van der Waals surface area contributed by atoms with Gasteiger partial charge in [0.25, 0.3) is 0 Å². The molecule has 0 radical (unpaired) electrons. The van der Waals surface area contributed by atoms with Crippen molar-refractivity contribution in [1.82, 2.24) is 15.1 Å². The van der Waals surface area contributed by atoms with E-state index in [2.05, 4.69) is 15.7 Å². The SMILES string of the molecule is Cl.O=C(Nc1cnn(-c2cccc(C(F)(F)F)c2)c1)C1CCNC1. The number of nitrogens with one attached hydrogen (secondary N) is 2. The van der Waals surface area contributed by atoms with Crippen molar-refractivity contribution in [2.24, 2.45) is 5.92 Å². The van der Waals surface area contributed by atoms with Gasteiger partial charge < -0.3 is 10.6 Å². The van der Waals surface area contributed by atoms with Crippen LogP contribution in [0.4, 0.5) is 18.9 Å². The predicted molar refractivity (Wildman–Crippen MR) is 85.4 cm³/mol. The van der Waals surface area contributed by atoms with E-state index < -0.39 is 11.7 Å². The Morgan fingerprint density at radius 3 is 2.83 bits per heavy atom. The molecule has 5 nitrogen and oxygen atoms in total. The highest BCUT2D eigenvalue weighted by Gasteiger charge is 2.30. The molecule has 2 aromatic rings. The molecule has 1 aromatic carbocycles. The highest BCUT2D eigenvalue weighted by atomic mass is 35.5. The van der Waals surface area contributed by atoms with Crippen LogP contribution >= 0.6 is 12.4 Å². The van der Waals surface area contributed by atoms with Gasteiger partial charge in [0, 0.05) is 6.54 Å². The maximum Gasteiger partial charge on any atom is 0.416 e. The normalized spacial score (nSPS) is 17.4. The van der Waals surface area contributed by atoms with Crippen molar-refractivity contribution in [3.63, 3.8) is 0 Å². The van der Waals surface area contributed by atoms with E-state index in [1.807, 2.05) is 0 Å². The first-order valence-corrected chi connectivity index (χ1v) is 7.17. The summed E-state index contributed by atoms with van der Waals surface area (Å²) in [5.41, 5.74) is -0.00437. The first kappa shape index (κ1) is 18.3. The standard InChI is InChI=1S/C15H15F3N4O.ClH/c16-15(17,18)11-2-1-3-13(6-11)22-9-12(8-20-22)21-14(23)10-4-5-19-7-10;/h1-3,6,8-10,19H,4-5,7H2,(H,21,23);1H. The number of anilines is 1. The van der Waals surface area contributed by atoms with Gasteiger partial charge in [0.15, 0.2) is 0 Å². The Morgan fingerprint density at radius 1 is 1.38 bits per heavy atom. The van der Waals surface area contributed by atoms with E-state index in [-0.39, 0.29) is 29.9 Å². The molecule has 1 aromatic heterocycles. The average Bonchev–Trinajstić information content (AvgIpc) is 3.18. The summed E-state index contributed by atoms with van der Waals surface area (Å²) in [7, 11) is 0. The van der Waals surface area contributed by atoms with Gasteiger partial charge in [0.05, 0.1) is 35.2 Å². The van der Waals surface area contributed by atoms with Gasteiger partial charge in [-0.3, -0.25) is 4.79 Å². The van der Waals surface area contributed by atoms with Gasteiger partial charge in [-0.25, -0.2) is 4.68 Å². The molecule has 24 heavy (non-hydrogen) atoms. The molecule has 1 aliphatic rings. The van der Waals surface area contributed by atoms with Crippen molar-refractivity contribution in [2.75, 3.05) is 18.4 Å². The highest BCUT2D eigenvalue weighted by molar-refractivity contribution is 5.92. The fraction of sp³-hybridized carbons (Fsp3) is 0.333. The monoisotopic (exact) mass is 360 g/mol. The Labute approximate surface area is 142 Å². The number of hydrogen-bond acceptors (Lipinski definition) is 3. The van der Waals surface area contributed by atoms with Gasteiger partial charge in [-0.05, 0) is 31.2 Å². The van der Waals surface area contributed by atoms with Crippen LogP contribution in [0.2, 0.25) is 0 Å². The van der Waals surface area contributed by atoms with Crippen LogP contribution in [0.5, 0.6) is 0 Å². The van der Waals surface area contributed by atoms with E-state index in [0.717, 1.165) is 25.1 Å². The van der Waals surface area contributed by atoms with Crippen LogP contribution in [0.25, 0.3) is 5.69 Å². The van der Waals surface area contributed by atoms with E-state index in [9.17, 15) is 18.0 Å². The molecule has 1 atom stereocenters. The molecular formula is C15H16ClF3N4O. The fourth-order valence-corrected chi connectivity index (χ4v) is 2.48. The Balaban J connectivity index is 0.00000208. The zero-order valence-corrected chi connectivity index (χ0v) is 13.3. The predicted octanol–water partition coefficient (Wildman–Crippen LogP) is 2.86. The summed E-state index contributed by atoms with van der Waals surface area (Å²) in [5, 5.41) is 9.84. The van der Waals surface area contributed by atoms with Crippen molar-refractivity contribution in [1.29, 1.82) is 0 Å². The maximum atomic E-state index is 12.7. The van der Waals surface area contributed by atoms with Gasteiger partial charge in [-0.1, -0.05) is 6.07 Å². The number of carbonyl (C=O) groups excluding carboxylic acids is 1. The van der Waals surface area contributed by atoms with E-state index in [1.54, 1.807) is 0 Å². The average molecular weight is 361 g/mol. The van der Waals surface area contributed by atoms with Gasteiger partial charge in [0.2, 0.25) is 5.91 Å². The molecule has 2 heterocycles. The number of hydrogen-bond donors (Lipinski definition) is 2. The van der Waals surface area contributed by atoms with Crippen LogP contribution in [-0.2, 0) is 11.0 Å². The van der Waals surface area contributed by atoms with E-state index in [4.69, 9.17) is 0 Å². The molecule has 0 spiro atoms. The smallest absolute Gasteiger partial charge is 0.323 e. The van der Waals surface area contributed by atoms with Crippen LogP contribution < -0.4 is 10.6 Å². The van der Waals surface area contributed by atoms with Crippen LogP contribution in [0.1, 0.15) is 12.0 Å². The lowest BCUT2D eigenvalue weighted by atomic mass is 10.1. The number of benzene rings is 1. The van der Waals surface area contributed by atoms with Crippen molar-refractivity contribution >= 4 is 24.0 Å². The van der Waals surface area contributed by atoms with Crippen molar-refractivity contribution in [3.8, 4) is 5.69 Å². The lowest BCUT2D eigenvalue weighted by Crippen LogP contribution is -2.24. The Bertz CT molecular complexity index is 711. The number of carbonyl (C=O) groups is 1. The van der Waals surface area contributed by atoms with Crippen LogP contribution in [0, 0.1) is 5.92 Å². The van der Waals surface area contributed by atoms with Crippen LogP contribution in [0.3, 0.4) is 0 Å². The van der Waals surface area contributed by atoms with Gasteiger partial charge in [0.1, 0.15) is 0 Å². The molecule has 1 amide bonds. The quantitative estimate of drug-likeness (QED) is 0.885. The lowest BCUT2D eigenvalue weighted by molar-refractivity contribution is -0.137. The molecule has 9 heteroatoms. The fourth-order valence-electron chi connectivity index (χ4n) is 2.48. The number of nitrogens with zero attached hydrogens (tertiary/aromatic N) is 2. The highest BCUT2D eigenvalue weighted by Crippen LogP contribution is 2.30. The topological polar surface area (TPSA) is 59.0 Å². The third-order valence-electron chi connectivity index (χ3n) is 3.72. The van der Waals surface area contributed by atoms with E-state index >= 15 is 0 Å². The maximum absolute atomic E-state index is 12.7. The molecular weight excluding hydrogens is 345 g/mol. The number of halogens is 4. The largest absolute Gasteiger partial charge is 0.416 e. The number of rotatable bonds is 3. The Hall–Kier alpha value is -2.06. The van der Waals surface area contributed by atoms with Gasteiger partial charge >= 0.3 is 6.18 Å². The van der Waals surface area contributed by atoms with Gasteiger partial charge in [-0.15, -0.1) is 12.4 Å². The van der Waals surface area contributed by atoms with E-state index in [0.29, 0.717) is 12.2 Å². The minimum Gasteiger partial charge on any atom is -0.323 e. The molecule has 1 saturated heterocycles. The van der Waals surface area contributed by atoms with Crippen molar-refractivity contribution in [3.05, 3.63) is 42.2 Å². The second kappa shape index (κ2) is 7.23. The van der Waals surface area contributed by atoms with Crippen LogP contribution in [-0.4, -0.2) is 28.8 Å². The van der Waals surface area contributed by atoms with Gasteiger partial charge in [-0.2, -0.15) is 18.3 Å². The molecule has 130 valence electrons. The van der Waals surface area contributed by atoms with Crippen molar-refractivity contribution < 1.29 is 18.0 Å². The lowest BCUT2D eigenvalue weighted by Gasteiger charge is -2.09.